The lowest BCUT2D eigenvalue weighted by Crippen LogP contribution is -2.29. The molecule has 3 aromatic heterocycles. The molecule has 7 nitrogen and oxygen atoms in total. The van der Waals surface area contributed by atoms with Gasteiger partial charge in [-0.1, -0.05) is 90.6 Å². The first-order valence-corrected chi connectivity index (χ1v) is 14.5. The van der Waals surface area contributed by atoms with Crippen molar-refractivity contribution in [3.8, 4) is 17.1 Å². The minimum Gasteiger partial charge on any atom is -0.340 e. The Bertz CT molecular complexity index is 1650. The van der Waals surface area contributed by atoms with Crippen LogP contribution in [0.2, 0.25) is 0 Å². The summed E-state index contributed by atoms with van der Waals surface area (Å²) in [4.78, 5) is 22.2. The Balaban J connectivity index is 1.20. The number of thiazole rings is 1. The minimum absolute atomic E-state index is 0.212. The third kappa shape index (κ3) is 5.70. The van der Waals surface area contributed by atoms with E-state index in [9.17, 15) is 4.79 Å². The van der Waals surface area contributed by atoms with Gasteiger partial charge < -0.3 is 5.32 Å². The van der Waals surface area contributed by atoms with Crippen molar-refractivity contribution in [2.45, 2.75) is 17.0 Å². The maximum absolute atomic E-state index is 13.3. The molecule has 0 spiro atoms. The number of carbonyl (C=O) groups excluding carboxylic acids is 1. The maximum Gasteiger partial charge on any atom is 0.271 e. The predicted molar refractivity (Wildman–Crippen MR) is 158 cm³/mol. The van der Waals surface area contributed by atoms with E-state index in [0.717, 1.165) is 32.5 Å². The molecule has 0 aliphatic rings. The molecule has 6 aromatic rings. The van der Waals surface area contributed by atoms with Gasteiger partial charge in [0.15, 0.2) is 11.0 Å². The highest BCUT2D eigenvalue weighted by Crippen LogP contribution is 2.30. The molecule has 1 N–H and O–H groups in total. The van der Waals surface area contributed by atoms with Crippen LogP contribution in [0, 0.1) is 0 Å². The van der Waals surface area contributed by atoms with Crippen LogP contribution in [0.4, 0.5) is 0 Å². The average molecular weight is 561 g/mol. The van der Waals surface area contributed by atoms with Gasteiger partial charge in [-0.15, -0.1) is 21.5 Å². The van der Waals surface area contributed by atoms with E-state index in [1.165, 1.54) is 23.1 Å². The number of nitrogens with zero attached hydrogens (tertiary/aromatic N) is 5. The van der Waals surface area contributed by atoms with Gasteiger partial charge in [0.05, 0.1) is 11.8 Å². The molecule has 0 aliphatic carbocycles. The van der Waals surface area contributed by atoms with Gasteiger partial charge in [0.1, 0.15) is 10.7 Å². The first kappa shape index (κ1) is 25.7. The normalized spacial score (nSPS) is 11.0. The lowest BCUT2D eigenvalue weighted by molar-refractivity contribution is 0.0938. The highest BCUT2D eigenvalue weighted by Gasteiger charge is 2.21. The van der Waals surface area contributed by atoms with Gasteiger partial charge in [-0.3, -0.25) is 14.3 Å². The number of thioether (sulfide) groups is 1. The monoisotopic (exact) mass is 560 g/mol. The van der Waals surface area contributed by atoms with Gasteiger partial charge in [0.2, 0.25) is 0 Å². The number of amides is 1. The van der Waals surface area contributed by atoms with Crippen molar-refractivity contribution in [1.29, 1.82) is 0 Å². The van der Waals surface area contributed by atoms with Crippen LogP contribution in [0.25, 0.3) is 17.1 Å². The van der Waals surface area contributed by atoms with Crippen LogP contribution >= 0.6 is 23.1 Å². The Morgan fingerprint density at radius 2 is 1.52 bits per heavy atom. The fourth-order valence-electron chi connectivity index (χ4n) is 4.32. The van der Waals surface area contributed by atoms with Crippen molar-refractivity contribution in [1.82, 2.24) is 30.0 Å². The second-order valence-electron chi connectivity index (χ2n) is 8.86. The molecular weight excluding hydrogens is 537 g/mol. The smallest absolute Gasteiger partial charge is 0.271 e. The first-order valence-electron chi connectivity index (χ1n) is 12.7. The van der Waals surface area contributed by atoms with E-state index in [1.807, 2.05) is 108 Å². The van der Waals surface area contributed by atoms with Crippen LogP contribution in [0.15, 0.2) is 126 Å². The van der Waals surface area contributed by atoms with Crippen molar-refractivity contribution in [3.05, 3.63) is 143 Å². The number of rotatable bonds is 9. The molecule has 3 aromatic carbocycles. The van der Waals surface area contributed by atoms with Crippen molar-refractivity contribution in [2.75, 3.05) is 0 Å². The molecule has 0 radical (unpaired) electrons. The zero-order valence-corrected chi connectivity index (χ0v) is 22.9. The van der Waals surface area contributed by atoms with Gasteiger partial charge in [-0.2, -0.15) is 0 Å². The van der Waals surface area contributed by atoms with Crippen molar-refractivity contribution in [3.63, 3.8) is 0 Å². The lowest BCUT2D eigenvalue weighted by atomic mass is 9.98. The quantitative estimate of drug-likeness (QED) is 0.201. The fourth-order valence-corrected chi connectivity index (χ4v) is 6.06. The molecule has 0 unspecified atom stereocenters. The van der Waals surface area contributed by atoms with Crippen molar-refractivity contribution in [2.24, 2.45) is 0 Å². The summed E-state index contributed by atoms with van der Waals surface area (Å²) < 4.78 is 2.02. The Kier molecular flexibility index (Phi) is 7.74. The summed E-state index contributed by atoms with van der Waals surface area (Å²) >= 11 is 2.99. The Morgan fingerprint density at radius 1 is 0.850 bits per heavy atom. The lowest BCUT2D eigenvalue weighted by Gasteiger charge is -2.19. The van der Waals surface area contributed by atoms with E-state index in [0.29, 0.717) is 17.3 Å². The van der Waals surface area contributed by atoms with E-state index in [1.54, 1.807) is 17.8 Å². The summed E-state index contributed by atoms with van der Waals surface area (Å²) in [6.07, 6.45) is 3.52. The predicted octanol–water partition coefficient (Wildman–Crippen LogP) is 6.60. The average Bonchev–Trinajstić information content (AvgIpc) is 3.68. The number of pyridine rings is 1. The number of hydrogen-bond donors (Lipinski definition) is 1. The van der Waals surface area contributed by atoms with Crippen LogP contribution in [0.1, 0.15) is 32.7 Å². The SMILES string of the molecule is O=C(NC(c1ccccc1)c1ccccc1)c1csc(CSc2nnc(-c3cccnc3)n2-c2ccccc2)n1. The number of benzene rings is 3. The minimum atomic E-state index is -0.273. The van der Waals surface area contributed by atoms with Crippen LogP contribution in [-0.2, 0) is 5.75 Å². The van der Waals surface area contributed by atoms with Gasteiger partial charge in [0.25, 0.3) is 5.91 Å². The molecule has 6 rings (SSSR count). The van der Waals surface area contributed by atoms with Gasteiger partial charge in [-0.05, 0) is 35.4 Å². The standard InChI is InChI=1S/C31H24N6OS2/c38-30(34-28(22-11-4-1-5-12-22)23-13-6-2-7-14-23)26-20-39-27(33-26)21-40-31-36-35-29(24-15-10-18-32-19-24)37(31)25-16-8-3-9-17-25/h1-20,28H,21H2,(H,34,38). The number of carbonyl (C=O) groups is 1. The number of aromatic nitrogens is 5. The van der Waals surface area contributed by atoms with E-state index < -0.39 is 0 Å². The molecule has 0 saturated heterocycles. The molecule has 40 heavy (non-hydrogen) atoms. The summed E-state index contributed by atoms with van der Waals surface area (Å²) in [6, 6.07) is 33.5. The van der Waals surface area contributed by atoms with Crippen LogP contribution < -0.4 is 5.32 Å². The fraction of sp³-hybridized carbons (Fsp3) is 0.0645. The van der Waals surface area contributed by atoms with E-state index in [-0.39, 0.29) is 11.9 Å². The molecule has 196 valence electrons. The first-order chi connectivity index (χ1) is 19.8. The van der Waals surface area contributed by atoms with Crippen LogP contribution in [0.5, 0.6) is 0 Å². The summed E-state index contributed by atoms with van der Waals surface area (Å²) in [5.74, 6) is 1.06. The third-order valence-electron chi connectivity index (χ3n) is 6.22. The van der Waals surface area contributed by atoms with Crippen molar-refractivity contribution < 1.29 is 4.79 Å². The highest BCUT2D eigenvalue weighted by molar-refractivity contribution is 7.98. The third-order valence-corrected chi connectivity index (χ3v) is 8.19. The van der Waals surface area contributed by atoms with Crippen LogP contribution in [-0.4, -0.2) is 30.6 Å². The Hall–Kier alpha value is -4.60. The zero-order chi connectivity index (χ0) is 27.1. The zero-order valence-electron chi connectivity index (χ0n) is 21.3. The Morgan fingerprint density at radius 3 is 2.17 bits per heavy atom. The Labute approximate surface area is 240 Å². The summed E-state index contributed by atoms with van der Waals surface area (Å²) in [7, 11) is 0. The summed E-state index contributed by atoms with van der Waals surface area (Å²) in [6.45, 7) is 0. The summed E-state index contributed by atoms with van der Waals surface area (Å²) in [5.41, 5.74) is 4.26. The molecule has 0 bridgehead atoms. The topological polar surface area (TPSA) is 85.6 Å². The second-order valence-corrected chi connectivity index (χ2v) is 10.7. The maximum atomic E-state index is 13.3. The largest absolute Gasteiger partial charge is 0.340 e. The van der Waals surface area contributed by atoms with E-state index in [2.05, 4.69) is 25.5 Å². The van der Waals surface area contributed by atoms with Gasteiger partial charge >= 0.3 is 0 Å². The molecule has 9 heteroatoms. The molecule has 0 atom stereocenters. The van der Waals surface area contributed by atoms with E-state index >= 15 is 0 Å². The molecule has 0 fully saturated rings. The molecule has 3 heterocycles. The summed E-state index contributed by atoms with van der Waals surface area (Å²) in [5, 5.41) is 15.5. The molecular formula is C31H24N6OS2. The van der Waals surface area contributed by atoms with Gasteiger partial charge in [-0.25, -0.2) is 4.98 Å². The van der Waals surface area contributed by atoms with Crippen LogP contribution in [0.3, 0.4) is 0 Å². The number of hydrogen-bond acceptors (Lipinski definition) is 7. The van der Waals surface area contributed by atoms with Crippen molar-refractivity contribution >= 4 is 29.0 Å². The molecule has 1 amide bonds. The highest BCUT2D eigenvalue weighted by atomic mass is 32.2. The number of para-hydroxylation sites is 1. The van der Waals surface area contributed by atoms with Gasteiger partial charge in [0, 0.05) is 29.0 Å². The second kappa shape index (κ2) is 12.1. The molecule has 0 saturated carbocycles. The number of nitrogens with one attached hydrogen (secondary N) is 1. The molecule has 0 aliphatic heterocycles. The van der Waals surface area contributed by atoms with E-state index in [4.69, 9.17) is 0 Å².